The van der Waals surface area contributed by atoms with Crippen molar-refractivity contribution in [3.8, 4) is 0 Å². The maximum atomic E-state index is 13.1. The Morgan fingerprint density at radius 2 is 2.06 bits per heavy atom. The minimum Gasteiger partial charge on any atom is -0.459 e. The van der Waals surface area contributed by atoms with Crippen molar-refractivity contribution in [2.45, 2.75) is 32.2 Å². The highest BCUT2D eigenvalue weighted by molar-refractivity contribution is 5.25. The lowest BCUT2D eigenvalue weighted by molar-refractivity contribution is -0.0367. The van der Waals surface area contributed by atoms with Crippen molar-refractivity contribution in [1.82, 2.24) is 0 Å². The smallest absolute Gasteiger partial charge is 0.239 e. The van der Waals surface area contributed by atoms with E-state index in [0.29, 0.717) is 18.4 Å². The van der Waals surface area contributed by atoms with Gasteiger partial charge in [-0.3, -0.25) is 0 Å². The highest BCUT2D eigenvalue weighted by Crippen LogP contribution is 2.23. The molecule has 1 N–H and O–H groups in total. The Morgan fingerprint density at radius 1 is 1.35 bits per heavy atom. The maximum absolute atomic E-state index is 13.1. The third-order valence-corrected chi connectivity index (χ3v) is 2.76. The zero-order valence-corrected chi connectivity index (χ0v) is 9.60. The fourth-order valence-corrected chi connectivity index (χ4v) is 1.74. The average Bonchev–Trinajstić information content (AvgIpc) is 2.82. The molecule has 0 bridgehead atoms. The lowest BCUT2D eigenvalue weighted by Crippen LogP contribution is -2.10. The van der Waals surface area contributed by atoms with Crippen LogP contribution in [-0.4, -0.2) is 11.4 Å². The summed E-state index contributed by atoms with van der Waals surface area (Å²) in [6.07, 6.45) is 3.13. The highest BCUT2D eigenvalue weighted by atomic mass is 19.1. The second-order valence-corrected chi connectivity index (χ2v) is 4.08. The third-order valence-electron chi connectivity index (χ3n) is 2.76. The SMILES string of the molecule is Cc1cc(C(O)CCC2OC=CO2)ccc1F. The number of benzene rings is 1. The number of halogens is 1. The summed E-state index contributed by atoms with van der Waals surface area (Å²) in [4.78, 5) is 0. The minimum atomic E-state index is -0.623. The van der Waals surface area contributed by atoms with Gasteiger partial charge in [0.25, 0.3) is 0 Å². The number of hydrogen-bond donors (Lipinski definition) is 1. The van der Waals surface area contributed by atoms with E-state index < -0.39 is 6.10 Å². The van der Waals surface area contributed by atoms with Gasteiger partial charge in [0, 0.05) is 6.42 Å². The van der Waals surface area contributed by atoms with E-state index in [0.717, 1.165) is 5.56 Å². The molecule has 0 saturated carbocycles. The zero-order chi connectivity index (χ0) is 12.3. The van der Waals surface area contributed by atoms with Crippen LogP contribution in [0.4, 0.5) is 4.39 Å². The molecule has 1 unspecified atom stereocenters. The molecule has 0 aromatic heterocycles. The summed E-state index contributed by atoms with van der Waals surface area (Å²) >= 11 is 0. The molecule has 1 aliphatic heterocycles. The Hall–Kier alpha value is -1.55. The van der Waals surface area contributed by atoms with Crippen molar-refractivity contribution < 1.29 is 19.0 Å². The van der Waals surface area contributed by atoms with Crippen LogP contribution >= 0.6 is 0 Å². The maximum Gasteiger partial charge on any atom is 0.239 e. The van der Waals surface area contributed by atoms with Crippen molar-refractivity contribution in [1.29, 1.82) is 0 Å². The van der Waals surface area contributed by atoms with E-state index in [-0.39, 0.29) is 12.1 Å². The van der Waals surface area contributed by atoms with Crippen molar-refractivity contribution in [2.24, 2.45) is 0 Å². The second kappa shape index (κ2) is 5.19. The molecule has 1 atom stereocenters. The number of ether oxygens (including phenoxy) is 2. The molecule has 1 aromatic carbocycles. The van der Waals surface area contributed by atoms with Gasteiger partial charge in [0.2, 0.25) is 6.29 Å². The van der Waals surface area contributed by atoms with E-state index in [4.69, 9.17) is 9.47 Å². The summed E-state index contributed by atoms with van der Waals surface area (Å²) in [5.41, 5.74) is 1.26. The first-order chi connectivity index (χ1) is 8.16. The summed E-state index contributed by atoms with van der Waals surface area (Å²) in [6, 6.07) is 4.63. The summed E-state index contributed by atoms with van der Waals surface area (Å²) in [7, 11) is 0. The van der Waals surface area contributed by atoms with Gasteiger partial charge in [0.1, 0.15) is 18.3 Å². The summed E-state index contributed by atoms with van der Waals surface area (Å²) < 4.78 is 23.3. The molecule has 0 amide bonds. The summed E-state index contributed by atoms with van der Waals surface area (Å²) in [6.45, 7) is 1.68. The molecular formula is C13H15FO3. The number of aliphatic hydroxyl groups is 1. The molecule has 0 aliphatic carbocycles. The molecule has 4 heteroatoms. The molecule has 0 radical (unpaired) electrons. The second-order valence-electron chi connectivity index (χ2n) is 4.08. The number of aryl methyl sites for hydroxylation is 1. The Labute approximate surface area is 99.5 Å². The van der Waals surface area contributed by atoms with Gasteiger partial charge in [-0.1, -0.05) is 12.1 Å². The molecule has 1 aliphatic rings. The van der Waals surface area contributed by atoms with Gasteiger partial charge < -0.3 is 14.6 Å². The van der Waals surface area contributed by atoms with E-state index in [1.807, 2.05) is 0 Å². The molecule has 1 heterocycles. The van der Waals surface area contributed by atoms with Crippen molar-refractivity contribution in [2.75, 3.05) is 0 Å². The standard InChI is InChI=1S/C13H15FO3/c1-9-8-10(2-3-11(9)14)12(15)4-5-13-16-6-7-17-13/h2-3,6-8,12-13,15H,4-5H2,1H3. The van der Waals surface area contributed by atoms with Crippen LogP contribution in [-0.2, 0) is 9.47 Å². The van der Waals surface area contributed by atoms with Crippen LogP contribution in [0.5, 0.6) is 0 Å². The monoisotopic (exact) mass is 238 g/mol. The van der Waals surface area contributed by atoms with Gasteiger partial charge in [0.15, 0.2) is 0 Å². The average molecular weight is 238 g/mol. The van der Waals surface area contributed by atoms with Gasteiger partial charge >= 0.3 is 0 Å². The highest BCUT2D eigenvalue weighted by Gasteiger charge is 2.16. The normalized spacial score (nSPS) is 16.6. The molecule has 1 aromatic rings. The van der Waals surface area contributed by atoms with Crippen LogP contribution in [0.15, 0.2) is 30.7 Å². The zero-order valence-electron chi connectivity index (χ0n) is 9.60. The minimum absolute atomic E-state index is 0.257. The van der Waals surface area contributed by atoms with Crippen LogP contribution in [0.2, 0.25) is 0 Å². The van der Waals surface area contributed by atoms with E-state index in [1.54, 1.807) is 19.1 Å². The van der Waals surface area contributed by atoms with Crippen LogP contribution < -0.4 is 0 Å². The number of hydrogen-bond acceptors (Lipinski definition) is 3. The summed E-state index contributed by atoms with van der Waals surface area (Å²) in [5, 5.41) is 9.94. The first-order valence-corrected chi connectivity index (χ1v) is 5.57. The van der Waals surface area contributed by atoms with Crippen molar-refractivity contribution in [3.63, 3.8) is 0 Å². The molecule has 0 saturated heterocycles. The van der Waals surface area contributed by atoms with E-state index in [2.05, 4.69) is 0 Å². The molecule has 92 valence electrons. The fraction of sp³-hybridized carbons (Fsp3) is 0.385. The lowest BCUT2D eigenvalue weighted by Gasteiger charge is -2.14. The van der Waals surface area contributed by atoms with Crippen LogP contribution in [0.3, 0.4) is 0 Å². The number of aliphatic hydroxyl groups excluding tert-OH is 1. The Morgan fingerprint density at radius 3 is 2.71 bits per heavy atom. The molecule has 17 heavy (non-hydrogen) atoms. The molecule has 0 spiro atoms. The quantitative estimate of drug-likeness (QED) is 0.876. The molecule has 2 rings (SSSR count). The predicted molar refractivity (Wildman–Crippen MR) is 60.4 cm³/mol. The summed E-state index contributed by atoms with van der Waals surface area (Å²) in [5.74, 6) is -0.257. The van der Waals surface area contributed by atoms with E-state index in [1.165, 1.54) is 18.6 Å². The largest absolute Gasteiger partial charge is 0.459 e. The topological polar surface area (TPSA) is 38.7 Å². The van der Waals surface area contributed by atoms with Gasteiger partial charge in [-0.25, -0.2) is 4.39 Å². The van der Waals surface area contributed by atoms with E-state index in [9.17, 15) is 9.50 Å². The Kier molecular flexibility index (Phi) is 3.64. The lowest BCUT2D eigenvalue weighted by atomic mass is 10.0. The van der Waals surface area contributed by atoms with Gasteiger partial charge in [-0.15, -0.1) is 0 Å². The third kappa shape index (κ3) is 2.97. The first-order valence-electron chi connectivity index (χ1n) is 5.57. The first kappa shape index (κ1) is 11.9. The van der Waals surface area contributed by atoms with Crippen molar-refractivity contribution in [3.05, 3.63) is 47.7 Å². The molecule has 0 fully saturated rings. The van der Waals surface area contributed by atoms with Crippen LogP contribution in [0, 0.1) is 12.7 Å². The Bertz CT molecular complexity index is 409. The van der Waals surface area contributed by atoms with Crippen LogP contribution in [0.1, 0.15) is 30.1 Å². The van der Waals surface area contributed by atoms with Gasteiger partial charge in [-0.05, 0) is 30.5 Å². The fourth-order valence-electron chi connectivity index (χ4n) is 1.74. The molecular weight excluding hydrogens is 223 g/mol. The molecule has 3 nitrogen and oxygen atoms in total. The van der Waals surface area contributed by atoms with Crippen LogP contribution in [0.25, 0.3) is 0 Å². The van der Waals surface area contributed by atoms with Crippen molar-refractivity contribution >= 4 is 0 Å². The Balaban J connectivity index is 1.90. The predicted octanol–water partition coefficient (Wildman–Crippen LogP) is 2.79. The van der Waals surface area contributed by atoms with Gasteiger partial charge in [-0.2, -0.15) is 0 Å². The van der Waals surface area contributed by atoms with E-state index >= 15 is 0 Å². The van der Waals surface area contributed by atoms with Gasteiger partial charge in [0.05, 0.1) is 6.10 Å². The number of rotatable bonds is 4.